The van der Waals surface area contributed by atoms with Crippen LogP contribution >= 0.6 is 23.4 Å². The van der Waals surface area contributed by atoms with E-state index >= 15 is 0 Å². The first-order chi connectivity index (χ1) is 10.3. The van der Waals surface area contributed by atoms with E-state index < -0.39 is 0 Å². The predicted octanol–water partition coefficient (Wildman–Crippen LogP) is 3.98. The third kappa shape index (κ3) is 3.11. The number of aromatic nitrogens is 4. The van der Waals surface area contributed by atoms with Gasteiger partial charge in [-0.3, -0.25) is 0 Å². The maximum atomic E-state index is 6.22. The number of imidazole rings is 1. The summed E-state index contributed by atoms with van der Waals surface area (Å²) in [6.45, 7) is 2.92. The van der Waals surface area contributed by atoms with Crippen molar-refractivity contribution in [3.8, 4) is 0 Å². The van der Waals surface area contributed by atoms with Crippen LogP contribution in [0.3, 0.4) is 0 Å². The summed E-state index contributed by atoms with van der Waals surface area (Å²) in [6.07, 6.45) is 2.63. The molecule has 0 saturated carbocycles. The fraction of sp³-hybridized carbons (Fsp3) is 0.214. The van der Waals surface area contributed by atoms with Crippen molar-refractivity contribution < 1.29 is 0 Å². The van der Waals surface area contributed by atoms with Crippen molar-refractivity contribution in [2.24, 2.45) is 0 Å². The van der Waals surface area contributed by atoms with Gasteiger partial charge in [0.25, 0.3) is 0 Å². The van der Waals surface area contributed by atoms with Crippen LogP contribution in [-0.4, -0.2) is 26.5 Å². The molecule has 1 aromatic carbocycles. The zero-order chi connectivity index (χ0) is 14.7. The van der Waals surface area contributed by atoms with E-state index in [0.29, 0.717) is 16.6 Å². The lowest BCUT2D eigenvalue weighted by Crippen LogP contribution is -2.05. The Bertz CT molecular complexity index is 758. The standard InChI is InChI=1S/C14H14ClN5S/c1-2-7-16-14-19-12-11(17-8-18-12)13(20-14)21-10-6-4-3-5-9(10)15/h3-6,8H,2,7H2,1H3,(H2,16,17,18,19,20). The molecule has 7 heteroatoms. The highest BCUT2D eigenvalue weighted by molar-refractivity contribution is 7.99. The van der Waals surface area contributed by atoms with Gasteiger partial charge < -0.3 is 10.3 Å². The van der Waals surface area contributed by atoms with E-state index in [1.807, 2.05) is 24.3 Å². The van der Waals surface area contributed by atoms with Gasteiger partial charge in [-0.15, -0.1) is 0 Å². The Morgan fingerprint density at radius 1 is 1.29 bits per heavy atom. The Morgan fingerprint density at radius 2 is 2.14 bits per heavy atom. The summed E-state index contributed by atoms with van der Waals surface area (Å²) in [5.41, 5.74) is 1.47. The highest BCUT2D eigenvalue weighted by Crippen LogP contribution is 2.35. The first-order valence-corrected chi connectivity index (χ1v) is 7.84. The number of nitrogens with zero attached hydrogens (tertiary/aromatic N) is 3. The molecule has 0 amide bonds. The second-order valence-electron chi connectivity index (χ2n) is 4.41. The molecule has 0 bridgehead atoms. The lowest BCUT2D eigenvalue weighted by Gasteiger charge is -2.07. The number of rotatable bonds is 5. The third-order valence-corrected chi connectivity index (χ3v) is 4.34. The summed E-state index contributed by atoms with van der Waals surface area (Å²) >= 11 is 7.72. The fourth-order valence-corrected chi connectivity index (χ4v) is 2.98. The number of aromatic amines is 1. The van der Waals surface area contributed by atoms with Gasteiger partial charge in [-0.1, -0.05) is 42.4 Å². The van der Waals surface area contributed by atoms with E-state index in [1.54, 1.807) is 6.33 Å². The second-order valence-corrected chi connectivity index (χ2v) is 5.85. The van der Waals surface area contributed by atoms with E-state index in [0.717, 1.165) is 28.4 Å². The predicted molar refractivity (Wildman–Crippen MR) is 86.0 cm³/mol. The molecule has 0 unspecified atom stereocenters. The molecule has 2 heterocycles. The van der Waals surface area contributed by atoms with Gasteiger partial charge in [0.15, 0.2) is 5.65 Å². The van der Waals surface area contributed by atoms with Gasteiger partial charge in [0.2, 0.25) is 5.95 Å². The Labute approximate surface area is 131 Å². The number of benzene rings is 1. The monoisotopic (exact) mass is 319 g/mol. The smallest absolute Gasteiger partial charge is 0.225 e. The molecular formula is C14H14ClN5S. The molecule has 108 valence electrons. The number of nitrogens with one attached hydrogen (secondary N) is 2. The molecule has 2 N–H and O–H groups in total. The maximum absolute atomic E-state index is 6.22. The van der Waals surface area contributed by atoms with Crippen LogP contribution in [0.2, 0.25) is 5.02 Å². The second kappa shape index (κ2) is 6.32. The van der Waals surface area contributed by atoms with Crippen molar-refractivity contribution in [2.75, 3.05) is 11.9 Å². The number of hydrogen-bond acceptors (Lipinski definition) is 5. The molecule has 0 spiro atoms. The average molecular weight is 320 g/mol. The maximum Gasteiger partial charge on any atom is 0.225 e. The van der Waals surface area contributed by atoms with Gasteiger partial charge in [0.05, 0.1) is 11.3 Å². The molecule has 21 heavy (non-hydrogen) atoms. The van der Waals surface area contributed by atoms with Crippen molar-refractivity contribution >= 4 is 40.5 Å². The summed E-state index contributed by atoms with van der Waals surface area (Å²) in [4.78, 5) is 17.2. The quantitative estimate of drug-likeness (QED) is 0.696. The minimum atomic E-state index is 0.589. The fourth-order valence-electron chi connectivity index (χ4n) is 1.83. The number of H-pyrrole nitrogens is 1. The van der Waals surface area contributed by atoms with Crippen LogP contribution in [0, 0.1) is 0 Å². The summed E-state index contributed by atoms with van der Waals surface area (Å²) in [5, 5.41) is 4.71. The van der Waals surface area contributed by atoms with Crippen molar-refractivity contribution in [1.82, 2.24) is 19.9 Å². The summed E-state index contributed by atoms with van der Waals surface area (Å²) in [6, 6.07) is 7.70. The van der Waals surface area contributed by atoms with Gasteiger partial charge in [-0.25, -0.2) is 9.97 Å². The molecule has 0 aliphatic rings. The molecule has 0 atom stereocenters. The molecule has 2 aromatic heterocycles. The summed E-state index contributed by atoms with van der Waals surface area (Å²) < 4.78 is 0. The van der Waals surface area contributed by atoms with Crippen LogP contribution in [0.15, 0.2) is 40.5 Å². The normalized spacial score (nSPS) is 11.0. The summed E-state index contributed by atoms with van der Waals surface area (Å²) in [5.74, 6) is 0.589. The first kappa shape index (κ1) is 14.2. The molecule has 0 radical (unpaired) electrons. The Kier molecular flexibility index (Phi) is 4.26. The van der Waals surface area contributed by atoms with E-state index in [2.05, 4.69) is 32.2 Å². The minimum Gasteiger partial charge on any atom is -0.354 e. The van der Waals surface area contributed by atoms with E-state index in [-0.39, 0.29) is 0 Å². The van der Waals surface area contributed by atoms with E-state index in [9.17, 15) is 0 Å². The number of hydrogen-bond donors (Lipinski definition) is 2. The van der Waals surface area contributed by atoms with Crippen LogP contribution in [0.1, 0.15) is 13.3 Å². The third-order valence-electron chi connectivity index (χ3n) is 2.83. The summed E-state index contributed by atoms with van der Waals surface area (Å²) in [7, 11) is 0. The molecule has 0 fully saturated rings. The lowest BCUT2D eigenvalue weighted by atomic mass is 10.4. The first-order valence-electron chi connectivity index (χ1n) is 6.65. The lowest BCUT2D eigenvalue weighted by molar-refractivity contribution is 0.943. The van der Waals surface area contributed by atoms with Gasteiger partial charge >= 0.3 is 0 Å². The number of fused-ring (bicyclic) bond motifs is 1. The van der Waals surface area contributed by atoms with Crippen LogP contribution in [0.4, 0.5) is 5.95 Å². The highest BCUT2D eigenvalue weighted by Gasteiger charge is 2.12. The van der Waals surface area contributed by atoms with Crippen LogP contribution in [-0.2, 0) is 0 Å². The van der Waals surface area contributed by atoms with Gasteiger partial charge in [-0.05, 0) is 18.6 Å². The van der Waals surface area contributed by atoms with Gasteiger partial charge in [0.1, 0.15) is 10.5 Å². The van der Waals surface area contributed by atoms with Crippen molar-refractivity contribution in [3.05, 3.63) is 35.6 Å². The Hall–Kier alpha value is -1.79. The van der Waals surface area contributed by atoms with Gasteiger partial charge in [-0.2, -0.15) is 4.98 Å². The molecule has 3 aromatic rings. The number of anilines is 1. The zero-order valence-corrected chi connectivity index (χ0v) is 13.0. The Morgan fingerprint density at radius 3 is 2.95 bits per heavy atom. The Balaban J connectivity index is 2.00. The molecule has 0 saturated heterocycles. The van der Waals surface area contributed by atoms with Crippen molar-refractivity contribution in [2.45, 2.75) is 23.3 Å². The molecule has 3 rings (SSSR count). The molecule has 0 aliphatic carbocycles. The minimum absolute atomic E-state index is 0.589. The topological polar surface area (TPSA) is 66.5 Å². The van der Waals surface area contributed by atoms with E-state index in [4.69, 9.17) is 11.6 Å². The largest absolute Gasteiger partial charge is 0.354 e. The molecule has 5 nitrogen and oxygen atoms in total. The average Bonchev–Trinajstić information content (AvgIpc) is 2.96. The van der Waals surface area contributed by atoms with Crippen molar-refractivity contribution in [1.29, 1.82) is 0 Å². The molecule has 0 aliphatic heterocycles. The van der Waals surface area contributed by atoms with Crippen LogP contribution in [0.25, 0.3) is 11.2 Å². The highest BCUT2D eigenvalue weighted by atomic mass is 35.5. The number of halogens is 1. The zero-order valence-electron chi connectivity index (χ0n) is 11.4. The molecular weight excluding hydrogens is 306 g/mol. The van der Waals surface area contributed by atoms with Crippen molar-refractivity contribution in [3.63, 3.8) is 0 Å². The van der Waals surface area contributed by atoms with Gasteiger partial charge in [0, 0.05) is 11.4 Å². The van der Waals surface area contributed by atoms with E-state index in [1.165, 1.54) is 11.8 Å². The van der Waals surface area contributed by atoms with Crippen LogP contribution < -0.4 is 5.32 Å². The van der Waals surface area contributed by atoms with Crippen LogP contribution in [0.5, 0.6) is 0 Å². The SMILES string of the molecule is CCCNc1nc(Sc2ccccc2Cl)c2[nH]cnc2n1.